The zero-order valence-electron chi connectivity index (χ0n) is 28.3. The molecule has 0 heterocycles. The van der Waals surface area contributed by atoms with E-state index in [2.05, 4.69) is 27.7 Å². The molecule has 0 aromatic heterocycles. The molecule has 11 nitrogen and oxygen atoms in total. The van der Waals surface area contributed by atoms with E-state index < -0.39 is 44.6 Å². The molecule has 0 saturated carbocycles. The van der Waals surface area contributed by atoms with E-state index in [-0.39, 0.29) is 19.8 Å². The summed E-state index contributed by atoms with van der Waals surface area (Å²) in [6, 6.07) is 0. The molecular weight excluding hydrogens is 590 g/mol. The van der Waals surface area contributed by atoms with Gasteiger partial charge in [0.05, 0.1) is 19.8 Å². The van der Waals surface area contributed by atoms with Crippen LogP contribution in [0.25, 0.3) is 0 Å². The summed E-state index contributed by atoms with van der Waals surface area (Å²) in [4.78, 5) is 26.8. The third kappa shape index (κ3) is 15.8. The summed E-state index contributed by atoms with van der Waals surface area (Å²) in [5, 5.41) is 43.4. The van der Waals surface area contributed by atoms with Crippen molar-refractivity contribution in [1.29, 1.82) is 0 Å². The number of nitrogens with zero attached hydrogens (tertiary/aromatic N) is 1. The van der Waals surface area contributed by atoms with E-state index in [1.54, 1.807) is 18.7 Å². The van der Waals surface area contributed by atoms with Crippen LogP contribution in [0.3, 0.4) is 0 Å². The quantitative estimate of drug-likeness (QED) is 0.0692. The predicted molar refractivity (Wildman–Crippen MR) is 174 cm³/mol. The van der Waals surface area contributed by atoms with Gasteiger partial charge in [-0.15, -0.1) is 0 Å². The highest BCUT2D eigenvalue weighted by atomic mass is 32.2. The third-order valence-electron chi connectivity index (χ3n) is 9.31. The third-order valence-corrected chi connectivity index (χ3v) is 10.5. The second-order valence-corrected chi connectivity index (χ2v) is 13.8. The van der Waals surface area contributed by atoms with Crippen molar-refractivity contribution in [3.05, 3.63) is 0 Å². The largest absolute Gasteiger partial charge is 0.481 e. The lowest BCUT2D eigenvalue weighted by molar-refractivity contribution is -0.164. The molecule has 0 saturated heterocycles. The minimum atomic E-state index is -5.15. The van der Waals surface area contributed by atoms with Crippen LogP contribution in [0.15, 0.2) is 0 Å². The lowest BCUT2D eigenvalue weighted by atomic mass is 9.62. The van der Waals surface area contributed by atoms with Gasteiger partial charge >= 0.3 is 11.9 Å². The van der Waals surface area contributed by atoms with E-state index in [4.69, 9.17) is 15.3 Å². The van der Waals surface area contributed by atoms with E-state index >= 15 is 0 Å². The molecule has 12 heteroatoms. The van der Waals surface area contributed by atoms with E-state index in [1.807, 2.05) is 0 Å². The summed E-state index contributed by atoms with van der Waals surface area (Å²) in [7, 11) is -5.15. The molecule has 0 aliphatic carbocycles. The minimum absolute atomic E-state index is 0.0694. The van der Waals surface area contributed by atoms with Gasteiger partial charge in [0.25, 0.3) is 10.1 Å². The standard InChI is InChI=1S/C26H50O7S.C6H15NO3/c1-7-11-13-21(9-3)17-15-19(5)26(25(29)30,23(24(27)28)34(31,32)33)20(6)16-18-22(10-4)14-12-8-2;8-4-1-7(2-5-9)3-6-10/h19-23H,7-18H2,1-6H3,(H,27,28)(H,29,30)(H,31,32,33);8-10H,1-6H2. The first-order valence-corrected chi connectivity index (χ1v) is 18.2. The monoisotopic (exact) mass is 655 g/mol. The number of carboxylic acid groups (broad SMARTS) is 2. The number of carbonyl (C=O) groups is 2. The van der Waals surface area contributed by atoms with Crippen molar-refractivity contribution < 1.29 is 48.1 Å². The van der Waals surface area contributed by atoms with Gasteiger partial charge in [-0.2, -0.15) is 8.42 Å². The van der Waals surface area contributed by atoms with Crippen LogP contribution in [0.1, 0.15) is 119 Å². The van der Waals surface area contributed by atoms with Crippen LogP contribution in [0.2, 0.25) is 0 Å². The summed E-state index contributed by atoms with van der Waals surface area (Å²) in [5.41, 5.74) is -2.12. The number of unbranched alkanes of at least 4 members (excludes halogenated alkanes) is 2. The Bertz CT molecular complexity index is 814. The zero-order valence-corrected chi connectivity index (χ0v) is 29.1. The van der Waals surface area contributed by atoms with Crippen molar-refractivity contribution in [2.45, 2.75) is 124 Å². The molecule has 0 rings (SSSR count). The van der Waals surface area contributed by atoms with Crippen molar-refractivity contribution in [2.75, 3.05) is 39.5 Å². The summed E-state index contributed by atoms with van der Waals surface area (Å²) < 4.78 is 34.6. The van der Waals surface area contributed by atoms with E-state index in [0.717, 1.165) is 51.4 Å². The fourth-order valence-corrected chi connectivity index (χ4v) is 7.73. The fraction of sp³-hybridized carbons (Fsp3) is 0.938. The summed E-state index contributed by atoms with van der Waals surface area (Å²) >= 11 is 0. The Morgan fingerprint density at radius 3 is 1.27 bits per heavy atom. The highest BCUT2D eigenvalue weighted by Gasteiger charge is 2.61. The van der Waals surface area contributed by atoms with Gasteiger partial charge in [0.15, 0.2) is 5.25 Å². The smallest absolute Gasteiger partial charge is 0.325 e. The topological polar surface area (TPSA) is 193 Å². The van der Waals surface area contributed by atoms with Crippen molar-refractivity contribution in [3.8, 4) is 0 Å². The van der Waals surface area contributed by atoms with Gasteiger partial charge in [-0.05, 0) is 36.5 Å². The molecular formula is C32H65NO10S. The first-order valence-electron chi connectivity index (χ1n) is 16.7. The maximum atomic E-state index is 12.8. The van der Waals surface area contributed by atoms with Crippen molar-refractivity contribution in [1.82, 2.24) is 4.90 Å². The Balaban J connectivity index is 0. The molecule has 0 aliphatic rings. The molecule has 0 aliphatic heterocycles. The van der Waals surface area contributed by atoms with Crippen molar-refractivity contribution >= 4 is 22.1 Å². The minimum Gasteiger partial charge on any atom is -0.481 e. The Hall–Kier alpha value is -1.31. The maximum absolute atomic E-state index is 12.8. The molecule has 0 radical (unpaired) electrons. The highest BCUT2D eigenvalue weighted by molar-refractivity contribution is 7.87. The lowest BCUT2D eigenvalue weighted by Gasteiger charge is -2.43. The molecule has 5 atom stereocenters. The second kappa shape index (κ2) is 24.9. The van der Waals surface area contributed by atoms with Crippen LogP contribution in [0.5, 0.6) is 0 Å². The van der Waals surface area contributed by atoms with Gasteiger partial charge in [-0.1, -0.05) is 106 Å². The van der Waals surface area contributed by atoms with Crippen LogP contribution in [-0.2, 0) is 19.7 Å². The fourth-order valence-electron chi connectivity index (χ4n) is 6.41. The number of aliphatic carboxylic acids is 2. The predicted octanol–water partition coefficient (Wildman–Crippen LogP) is 4.93. The van der Waals surface area contributed by atoms with Crippen molar-refractivity contribution in [3.63, 3.8) is 0 Å². The second-order valence-electron chi connectivity index (χ2n) is 12.3. The van der Waals surface area contributed by atoms with Gasteiger partial charge in [0.1, 0.15) is 5.41 Å². The Morgan fingerprint density at radius 1 is 0.682 bits per heavy atom. The van der Waals surface area contributed by atoms with Crippen LogP contribution in [-0.4, -0.2) is 100 Å². The number of aliphatic hydroxyl groups is 3. The molecule has 0 spiro atoms. The average Bonchev–Trinajstić information content (AvgIpc) is 2.95. The molecule has 0 fully saturated rings. The number of hydrogen-bond donors (Lipinski definition) is 6. The first kappa shape index (κ1) is 44.8. The SMILES string of the molecule is CCCCC(CC)CCC(C)C(C(=O)O)(C(C)CCC(CC)CCCC)C(C(=O)O)S(=O)(=O)O.OCCN(CCO)CCO. The van der Waals surface area contributed by atoms with Crippen LogP contribution >= 0.6 is 0 Å². The first-order chi connectivity index (χ1) is 20.7. The average molecular weight is 656 g/mol. The van der Waals surface area contributed by atoms with E-state index in [0.29, 0.717) is 57.2 Å². The molecule has 0 aromatic rings. The van der Waals surface area contributed by atoms with Gasteiger partial charge in [-0.3, -0.25) is 19.0 Å². The maximum Gasteiger partial charge on any atom is 0.325 e. The molecule has 264 valence electrons. The van der Waals surface area contributed by atoms with Gasteiger partial charge in [-0.25, -0.2) is 0 Å². The molecule has 44 heavy (non-hydrogen) atoms. The number of rotatable bonds is 26. The summed E-state index contributed by atoms with van der Waals surface area (Å²) in [6.07, 6.45) is 10.3. The summed E-state index contributed by atoms with van der Waals surface area (Å²) in [5.74, 6) is -4.00. The molecule has 0 bridgehead atoms. The number of hydrogen-bond acceptors (Lipinski definition) is 8. The van der Waals surface area contributed by atoms with Crippen LogP contribution in [0, 0.1) is 29.1 Å². The molecule has 5 unspecified atom stereocenters. The molecule has 0 aromatic carbocycles. The zero-order chi connectivity index (χ0) is 34.3. The Morgan fingerprint density at radius 2 is 1.05 bits per heavy atom. The van der Waals surface area contributed by atoms with E-state index in [1.165, 1.54) is 0 Å². The van der Waals surface area contributed by atoms with Gasteiger partial charge in [0.2, 0.25) is 0 Å². The van der Waals surface area contributed by atoms with Crippen molar-refractivity contribution in [2.24, 2.45) is 29.1 Å². The Labute approximate surface area is 267 Å². The molecule has 0 amide bonds. The lowest BCUT2D eigenvalue weighted by Crippen LogP contribution is -2.58. The molecule has 6 N–H and O–H groups in total. The normalized spacial score (nSPS) is 16.7. The van der Waals surface area contributed by atoms with E-state index in [9.17, 15) is 32.8 Å². The van der Waals surface area contributed by atoms with Gasteiger partial charge < -0.3 is 25.5 Å². The van der Waals surface area contributed by atoms with Crippen LogP contribution in [0.4, 0.5) is 0 Å². The Kier molecular flexibility index (Phi) is 25.3. The van der Waals surface area contributed by atoms with Gasteiger partial charge in [0, 0.05) is 19.6 Å². The van der Waals surface area contributed by atoms with Crippen LogP contribution < -0.4 is 0 Å². The highest BCUT2D eigenvalue weighted by Crippen LogP contribution is 2.48. The number of aliphatic hydroxyl groups excluding tert-OH is 3. The number of carboxylic acids is 2. The summed E-state index contributed by atoms with van der Waals surface area (Å²) in [6.45, 7) is 13.4.